The molecule has 0 amide bonds. The van der Waals surface area contributed by atoms with Gasteiger partial charge in [0.25, 0.3) is 0 Å². The maximum absolute atomic E-state index is 11.5. The third-order valence-corrected chi connectivity index (χ3v) is 3.34. The molecule has 0 atom stereocenters. The van der Waals surface area contributed by atoms with Gasteiger partial charge in [-0.05, 0) is 12.8 Å². The Morgan fingerprint density at radius 3 is 2.43 bits per heavy atom. The van der Waals surface area contributed by atoms with Crippen molar-refractivity contribution < 1.29 is 17.9 Å². The molecule has 0 aromatic rings. The summed E-state index contributed by atoms with van der Waals surface area (Å²) in [6, 6.07) is 0. The lowest BCUT2D eigenvalue weighted by molar-refractivity contribution is -0.125. The van der Waals surface area contributed by atoms with Gasteiger partial charge in [-0.25, -0.2) is 8.42 Å². The van der Waals surface area contributed by atoms with Crippen molar-refractivity contribution in [2.45, 2.75) is 19.3 Å². The second-order valence-electron chi connectivity index (χ2n) is 3.73. The smallest absolute Gasteiger partial charge is 0.147 e. The van der Waals surface area contributed by atoms with Gasteiger partial charge in [0.15, 0.2) is 0 Å². The van der Waals surface area contributed by atoms with Crippen LogP contribution in [0.3, 0.4) is 0 Å². The van der Waals surface area contributed by atoms with E-state index in [1.807, 2.05) is 0 Å². The van der Waals surface area contributed by atoms with Crippen LogP contribution in [0.5, 0.6) is 0 Å². The van der Waals surface area contributed by atoms with E-state index < -0.39 is 9.84 Å². The summed E-state index contributed by atoms with van der Waals surface area (Å²) in [7, 11) is -3.01. The van der Waals surface area contributed by atoms with Crippen LogP contribution >= 0.6 is 0 Å². The second-order valence-corrected chi connectivity index (χ2v) is 5.99. The molecular formula is C9H16O4S. The Morgan fingerprint density at radius 1 is 1.36 bits per heavy atom. The molecule has 5 heteroatoms. The van der Waals surface area contributed by atoms with Crippen molar-refractivity contribution in [3.63, 3.8) is 0 Å². The number of hydrogen-bond donors (Lipinski definition) is 0. The highest BCUT2D eigenvalue weighted by Crippen LogP contribution is 2.17. The number of ether oxygens (including phenoxy) is 1. The minimum Gasteiger partial charge on any atom is -0.381 e. The van der Waals surface area contributed by atoms with E-state index in [0.29, 0.717) is 13.2 Å². The maximum atomic E-state index is 11.5. The molecule has 1 heterocycles. The van der Waals surface area contributed by atoms with E-state index >= 15 is 0 Å². The van der Waals surface area contributed by atoms with Gasteiger partial charge in [-0.1, -0.05) is 0 Å². The van der Waals surface area contributed by atoms with Crippen LogP contribution in [0.15, 0.2) is 0 Å². The summed E-state index contributed by atoms with van der Waals surface area (Å²) in [5, 5.41) is 0. The van der Waals surface area contributed by atoms with Gasteiger partial charge in [0.05, 0.1) is 5.75 Å². The fourth-order valence-electron chi connectivity index (χ4n) is 1.51. The Hall–Kier alpha value is -0.420. The standard InChI is InChI=1S/C9H16O4S/c1-14(11,12)7-4-9(10)8-2-5-13-6-3-8/h8H,2-7H2,1H3. The molecule has 1 fully saturated rings. The monoisotopic (exact) mass is 220 g/mol. The summed E-state index contributed by atoms with van der Waals surface area (Å²) < 4.78 is 26.8. The minimum absolute atomic E-state index is 0.0190. The summed E-state index contributed by atoms with van der Waals surface area (Å²) in [6.07, 6.45) is 2.79. The van der Waals surface area contributed by atoms with Gasteiger partial charge in [-0.2, -0.15) is 0 Å². The topological polar surface area (TPSA) is 60.4 Å². The Kier molecular flexibility index (Phi) is 4.07. The molecule has 14 heavy (non-hydrogen) atoms. The molecule has 0 bridgehead atoms. The maximum Gasteiger partial charge on any atom is 0.147 e. The largest absolute Gasteiger partial charge is 0.381 e. The number of hydrogen-bond acceptors (Lipinski definition) is 4. The molecule has 1 aliphatic heterocycles. The van der Waals surface area contributed by atoms with Gasteiger partial charge in [0.1, 0.15) is 15.6 Å². The highest BCUT2D eigenvalue weighted by Gasteiger charge is 2.21. The number of carbonyl (C=O) groups is 1. The fraction of sp³-hybridized carbons (Fsp3) is 0.889. The van der Waals surface area contributed by atoms with E-state index in [0.717, 1.165) is 19.1 Å². The molecular weight excluding hydrogens is 204 g/mol. The quantitative estimate of drug-likeness (QED) is 0.688. The molecule has 0 N–H and O–H groups in total. The Morgan fingerprint density at radius 2 is 1.93 bits per heavy atom. The van der Waals surface area contributed by atoms with Gasteiger partial charge in [-0.3, -0.25) is 4.79 Å². The van der Waals surface area contributed by atoms with Crippen molar-refractivity contribution in [2.24, 2.45) is 5.92 Å². The average Bonchev–Trinajstić information content (AvgIpc) is 2.14. The summed E-state index contributed by atoms with van der Waals surface area (Å²) >= 11 is 0. The molecule has 0 aromatic heterocycles. The molecule has 0 aromatic carbocycles. The first-order chi connectivity index (χ1) is 6.49. The highest BCUT2D eigenvalue weighted by atomic mass is 32.2. The number of Topliss-reactive ketones (excluding diaryl/α,β-unsaturated/α-hetero) is 1. The lowest BCUT2D eigenvalue weighted by Gasteiger charge is -2.20. The Bertz CT molecular complexity index is 288. The molecule has 1 rings (SSSR count). The summed E-state index contributed by atoms with van der Waals surface area (Å²) in [6.45, 7) is 1.24. The van der Waals surface area contributed by atoms with Crippen molar-refractivity contribution in [3.8, 4) is 0 Å². The van der Waals surface area contributed by atoms with E-state index in [4.69, 9.17) is 4.74 Å². The molecule has 0 radical (unpaired) electrons. The first kappa shape index (κ1) is 11.7. The van der Waals surface area contributed by atoms with Gasteiger partial charge >= 0.3 is 0 Å². The fourth-order valence-corrected chi connectivity index (χ4v) is 2.08. The first-order valence-electron chi connectivity index (χ1n) is 4.77. The molecule has 1 aliphatic rings. The van der Waals surface area contributed by atoms with Crippen molar-refractivity contribution >= 4 is 15.6 Å². The number of sulfone groups is 1. The SMILES string of the molecule is CS(=O)(=O)CCC(=O)C1CCOCC1. The number of rotatable bonds is 4. The summed E-state index contributed by atoms with van der Waals surface area (Å²) in [4.78, 5) is 11.5. The van der Waals surface area contributed by atoms with Gasteiger partial charge in [0, 0.05) is 31.8 Å². The van der Waals surface area contributed by atoms with Crippen LogP contribution in [-0.4, -0.2) is 39.4 Å². The van der Waals surface area contributed by atoms with Crippen LogP contribution in [0, 0.1) is 5.92 Å². The van der Waals surface area contributed by atoms with Crippen molar-refractivity contribution in [1.82, 2.24) is 0 Å². The third kappa shape index (κ3) is 4.19. The van der Waals surface area contributed by atoms with E-state index in [2.05, 4.69) is 0 Å². The molecule has 4 nitrogen and oxygen atoms in total. The molecule has 82 valence electrons. The molecule has 1 saturated heterocycles. The summed E-state index contributed by atoms with van der Waals surface area (Å²) in [5.41, 5.74) is 0. The van der Waals surface area contributed by atoms with Crippen molar-refractivity contribution in [1.29, 1.82) is 0 Å². The third-order valence-electron chi connectivity index (χ3n) is 2.40. The number of ketones is 1. The van der Waals surface area contributed by atoms with Crippen LogP contribution in [0.2, 0.25) is 0 Å². The average molecular weight is 220 g/mol. The van der Waals surface area contributed by atoms with Crippen molar-refractivity contribution in [3.05, 3.63) is 0 Å². The zero-order valence-electron chi connectivity index (χ0n) is 8.36. The van der Waals surface area contributed by atoms with Crippen LogP contribution in [0.4, 0.5) is 0 Å². The van der Waals surface area contributed by atoms with Gasteiger partial charge < -0.3 is 4.74 Å². The van der Waals surface area contributed by atoms with E-state index in [1.165, 1.54) is 0 Å². The Balaban J connectivity index is 2.34. The second kappa shape index (κ2) is 4.89. The molecule has 0 aliphatic carbocycles. The van der Waals surface area contributed by atoms with Crippen LogP contribution in [0.1, 0.15) is 19.3 Å². The normalized spacial score (nSPS) is 19.5. The predicted molar refractivity (Wildman–Crippen MR) is 52.9 cm³/mol. The van der Waals surface area contributed by atoms with E-state index in [1.54, 1.807) is 0 Å². The Labute approximate surface area is 84.6 Å². The lowest BCUT2D eigenvalue weighted by atomic mass is 9.94. The molecule has 0 saturated carbocycles. The zero-order chi connectivity index (χ0) is 10.6. The summed E-state index contributed by atoms with van der Waals surface area (Å²) in [5.74, 6) is 0.0626. The highest BCUT2D eigenvalue weighted by molar-refractivity contribution is 7.90. The zero-order valence-corrected chi connectivity index (χ0v) is 9.18. The lowest BCUT2D eigenvalue weighted by Crippen LogP contribution is -2.24. The van der Waals surface area contributed by atoms with E-state index in [9.17, 15) is 13.2 Å². The van der Waals surface area contributed by atoms with Crippen molar-refractivity contribution in [2.75, 3.05) is 25.2 Å². The van der Waals surface area contributed by atoms with E-state index in [-0.39, 0.29) is 23.9 Å². The molecule has 0 unspecified atom stereocenters. The van der Waals surface area contributed by atoms with Gasteiger partial charge in [-0.15, -0.1) is 0 Å². The van der Waals surface area contributed by atoms with Crippen LogP contribution < -0.4 is 0 Å². The minimum atomic E-state index is -3.01. The predicted octanol–water partition coefficient (Wildman–Crippen LogP) is 0.417. The van der Waals surface area contributed by atoms with Crippen LogP contribution in [-0.2, 0) is 19.4 Å². The first-order valence-corrected chi connectivity index (χ1v) is 6.83. The van der Waals surface area contributed by atoms with Gasteiger partial charge in [0.2, 0.25) is 0 Å². The van der Waals surface area contributed by atoms with Crippen LogP contribution in [0.25, 0.3) is 0 Å². The number of carbonyl (C=O) groups excluding carboxylic acids is 1. The molecule has 0 spiro atoms.